The molecule has 0 aromatic heterocycles. The van der Waals surface area contributed by atoms with Gasteiger partial charge in [-0.1, -0.05) is 12.1 Å². The van der Waals surface area contributed by atoms with Crippen molar-refractivity contribution in [2.45, 2.75) is 18.9 Å². The van der Waals surface area contributed by atoms with Crippen LogP contribution < -0.4 is 5.73 Å². The van der Waals surface area contributed by atoms with E-state index in [1.165, 1.54) is 0 Å². The second kappa shape index (κ2) is 4.64. The molecule has 1 aromatic rings. The number of phenolic OH excluding ortho intramolecular Hbond substituents is 1. The van der Waals surface area contributed by atoms with Gasteiger partial charge in [-0.05, 0) is 36.5 Å². The molecule has 3 heteroatoms. The minimum Gasteiger partial charge on any atom is -0.508 e. The van der Waals surface area contributed by atoms with E-state index in [0.717, 1.165) is 31.6 Å². The van der Waals surface area contributed by atoms with Crippen molar-refractivity contribution in [2.24, 2.45) is 11.7 Å². The highest BCUT2D eigenvalue weighted by atomic mass is 16.5. The Labute approximate surface area is 89.9 Å². The minimum absolute atomic E-state index is 0.0148. The number of benzene rings is 1. The van der Waals surface area contributed by atoms with Crippen LogP contribution in [-0.2, 0) is 4.74 Å². The third-order valence-electron chi connectivity index (χ3n) is 3.03. The maximum Gasteiger partial charge on any atom is 0.115 e. The lowest BCUT2D eigenvalue weighted by Crippen LogP contribution is -2.27. The summed E-state index contributed by atoms with van der Waals surface area (Å²) in [6.07, 6.45) is 2.02. The molecule has 1 aliphatic rings. The van der Waals surface area contributed by atoms with Crippen LogP contribution in [0, 0.1) is 5.92 Å². The third kappa shape index (κ3) is 2.49. The predicted molar refractivity (Wildman–Crippen MR) is 58.6 cm³/mol. The highest BCUT2D eigenvalue weighted by molar-refractivity contribution is 5.29. The van der Waals surface area contributed by atoms with Crippen LogP contribution in [0.15, 0.2) is 24.3 Å². The van der Waals surface area contributed by atoms with Gasteiger partial charge < -0.3 is 15.6 Å². The van der Waals surface area contributed by atoms with Gasteiger partial charge in [0.25, 0.3) is 0 Å². The standard InChI is InChI=1S/C12H17NO2/c13-12(9-4-6-15-7-5-9)10-2-1-3-11(14)8-10/h1-3,8-9,12,14H,4-7,13H2/t12-/m1/s1. The molecule has 3 nitrogen and oxygen atoms in total. The highest BCUT2D eigenvalue weighted by Crippen LogP contribution is 2.29. The third-order valence-corrected chi connectivity index (χ3v) is 3.03. The van der Waals surface area contributed by atoms with Gasteiger partial charge in [-0.15, -0.1) is 0 Å². The maximum absolute atomic E-state index is 9.38. The van der Waals surface area contributed by atoms with Crippen LogP contribution in [-0.4, -0.2) is 18.3 Å². The first-order chi connectivity index (χ1) is 7.27. The van der Waals surface area contributed by atoms with Crippen LogP contribution in [0.5, 0.6) is 5.75 Å². The molecule has 1 saturated heterocycles. The molecule has 1 aromatic carbocycles. The molecule has 15 heavy (non-hydrogen) atoms. The van der Waals surface area contributed by atoms with E-state index in [9.17, 15) is 5.11 Å². The van der Waals surface area contributed by atoms with E-state index in [1.807, 2.05) is 12.1 Å². The topological polar surface area (TPSA) is 55.5 Å². The fourth-order valence-corrected chi connectivity index (χ4v) is 2.08. The van der Waals surface area contributed by atoms with Crippen molar-refractivity contribution in [2.75, 3.05) is 13.2 Å². The highest BCUT2D eigenvalue weighted by Gasteiger charge is 2.22. The zero-order valence-electron chi connectivity index (χ0n) is 8.73. The number of rotatable bonds is 2. The molecule has 1 aliphatic heterocycles. The Hall–Kier alpha value is -1.06. The van der Waals surface area contributed by atoms with Gasteiger partial charge in [0.1, 0.15) is 5.75 Å². The zero-order chi connectivity index (χ0) is 10.7. The van der Waals surface area contributed by atoms with Crippen LogP contribution in [0.4, 0.5) is 0 Å². The van der Waals surface area contributed by atoms with Crippen molar-refractivity contribution in [3.8, 4) is 5.75 Å². The van der Waals surface area contributed by atoms with Crippen molar-refractivity contribution >= 4 is 0 Å². The first-order valence-corrected chi connectivity index (χ1v) is 5.39. The number of phenols is 1. The Morgan fingerprint density at radius 3 is 2.73 bits per heavy atom. The molecule has 1 atom stereocenters. The summed E-state index contributed by atoms with van der Waals surface area (Å²) in [5.41, 5.74) is 7.19. The molecule has 0 radical (unpaired) electrons. The average molecular weight is 207 g/mol. The van der Waals surface area contributed by atoms with E-state index in [2.05, 4.69) is 0 Å². The van der Waals surface area contributed by atoms with Gasteiger partial charge >= 0.3 is 0 Å². The Morgan fingerprint density at radius 2 is 2.07 bits per heavy atom. The molecular formula is C12H17NO2. The molecule has 0 unspecified atom stereocenters. The molecule has 82 valence electrons. The molecule has 0 amide bonds. The largest absolute Gasteiger partial charge is 0.508 e. The number of hydrogen-bond donors (Lipinski definition) is 2. The van der Waals surface area contributed by atoms with Crippen molar-refractivity contribution < 1.29 is 9.84 Å². The summed E-state index contributed by atoms with van der Waals surface area (Å²) in [7, 11) is 0. The van der Waals surface area contributed by atoms with E-state index < -0.39 is 0 Å². The number of aromatic hydroxyl groups is 1. The molecule has 1 heterocycles. The number of ether oxygens (including phenoxy) is 1. The van der Waals surface area contributed by atoms with E-state index in [0.29, 0.717) is 5.92 Å². The lowest BCUT2D eigenvalue weighted by Gasteiger charge is -2.27. The second-order valence-electron chi connectivity index (χ2n) is 4.07. The summed E-state index contributed by atoms with van der Waals surface area (Å²) in [5.74, 6) is 0.760. The molecular weight excluding hydrogens is 190 g/mol. The van der Waals surface area contributed by atoms with Gasteiger partial charge in [0.05, 0.1) is 0 Å². The first kappa shape index (κ1) is 10.5. The summed E-state index contributed by atoms with van der Waals surface area (Å²) in [4.78, 5) is 0. The van der Waals surface area contributed by atoms with Crippen molar-refractivity contribution in [3.05, 3.63) is 29.8 Å². The van der Waals surface area contributed by atoms with Crippen LogP contribution >= 0.6 is 0 Å². The number of hydrogen-bond acceptors (Lipinski definition) is 3. The van der Waals surface area contributed by atoms with E-state index in [4.69, 9.17) is 10.5 Å². The Balaban J connectivity index is 2.08. The van der Waals surface area contributed by atoms with E-state index in [-0.39, 0.29) is 11.8 Å². The summed E-state index contributed by atoms with van der Waals surface area (Å²) >= 11 is 0. The van der Waals surface area contributed by atoms with Crippen LogP contribution in [0.2, 0.25) is 0 Å². The maximum atomic E-state index is 9.38. The van der Waals surface area contributed by atoms with E-state index >= 15 is 0 Å². The van der Waals surface area contributed by atoms with Gasteiger partial charge in [-0.3, -0.25) is 0 Å². The molecule has 0 saturated carbocycles. The van der Waals surface area contributed by atoms with Gasteiger partial charge in [0.2, 0.25) is 0 Å². The van der Waals surface area contributed by atoms with Crippen molar-refractivity contribution in [1.82, 2.24) is 0 Å². The first-order valence-electron chi connectivity index (χ1n) is 5.39. The summed E-state index contributed by atoms with van der Waals surface area (Å²) in [6.45, 7) is 1.61. The summed E-state index contributed by atoms with van der Waals surface area (Å²) in [5, 5.41) is 9.38. The molecule has 1 fully saturated rings. The Kier molecular flexibility index (Phi) is 3.23. The van der Waals surface area contributed by atoms with Crippen LogP contribution in [0.3, 0.4) is 0 Å². The second-order valence-corrected chi connectivity index (χ2v) is 4.07. The SMILES string of the molecule is N[C@@H](c1cccc(O)c1)C1CCOCC1. The Morgan fingerprint density at radius 1 is 1.33 bits per heavy atom. The van der Waals surface area contributed by atoms with Crippen molar-refractivity contribution in [1.29, 1.82) is 0 Å². The summed E-state index contributed by atoms with van der Waals surface area (Å²) < 4.78 is 5.30. The molecule has 0 aliphatic carbocycles. The summed E-state index contributed by atoms with van der Waals surface area (Å²) in [6, 6.07) is 7.24. The van der Waals surface area contributed by atoms with Crippen molar-refractivity contribution in [3.63, 3.8) is 0 Å². The lowest BCUT2D eigenvalue weighted by atomic mass is 9.88. The van der Waals surface area contributed by atoms with Crippen LogP contribution in [0.25, 0.3) is 0 Å². The molecule has 0 spiro atoms. The fourth-order valence-electron chi connectivity index (χ4n) is 2.08. The predicted octanol–water partition coefficient (Wildman–Crippen LogP) is 1.82. The molecule has 3 N–H and O–H groups in total. The van der Waals surface area contributed by atoms with Gasteiger partial charge in [-0.2, -0.15) is 0 Å². The van der Waals surface area contributed by atoms with Crippen LogP contribution in [0.1, 0.15) is 24.4 Å². The smallest absolute Gasteiger partial charge is 0.115 e. The average Bonchev–Trinajstić information content (AvgIpc) is 2.29. The Bertz CT molecular complexity index is 321. The quantitative estimate of drug-likeness (QED) is 0.777. The monoisotopic (exact) mass is 207 g/mol. The van der Waals surface area contributed by atoms with Gasteiger partial charge in [0, 0.05) is 19.3 Å². The minimum atomic E-state index is 0.0148. The molecule has 0 bridgehead atoms. The normalized spacial score (nSPS) is 20.1. The lowest BCUT2D eigenvalue weighted by molar-refractivity contribution is 0.0583. The number of nitrogens with two attached hydrogens (primary N) is 1. The van der Waals surface area contributed by atoms with E-state index in [1.54, 1.807) is 12.1 Å². The molecule has 2 rings (SSSR count). The zero-order valence-corrected chi connectivity index (χ0v) is 8.73. The fraction of sp³-hybridized carbons (Fsp3) is 0.500. The van der Waals surface area contributed by atoms with Gasteiger partial charge in [-0.25, -0.2) is 0 Å². The van der Waals surface area contributed by atoms with Gasteiger partial charge in [0.15, 0.2) is 0 Å².